The summed E-state index contributed by atoms with van der Waals surface area (Å²) in [6.07, 6.45) is 0.620. The Balaban J connectivity index is 1.71. The second-order valence-electron chi connectivity index (χ2n) is 6.07. The Morgan fingerprint density at radius 3 is 2.33 bits per heavy atom. The minimum atomic E-state index is -3.71. The Labute approximate surface area is 152 Å². The van der Waals surface area contributed by atoms with Gasteiger partial charge in [-0.15, -0.1) is 0 Å². The van der Waals surface area contributed by atoms with Crippen molar-refractivity contribution in [2.45, 2.75) is 17.4 Å². The van der Waals surface area contributed by atoms with Crippen molar-refractivity contribution in [3.63, 3.8) is 0 Å². The van der Waals surface area contributed by atoms with Crippen molar-refractivity contribution in [2.75, 3.05) is 37.7 Å². The molecular formula is C14H18Cl2N2O4S2. The summed E-state index contributed by atoms with van der Waals surface area (Å²) in [5, 5.41) is 0.455. The van der Waals surface area contributed by atoms with Crippen molar-refractivity contribution in [1.82, 2.24) is 9.21 Å². The molecule has 0 unspecified atom stereocenters. The molecule has 2 fully saturated rings. The molecule has 0 amide bonds. The molecular weight excluding hydrogens is 395 g/mol. The van der Waals surface area contributed by atoms with Crippen molar-refractivity contribution >= 4 is 43.1 Å². The maximum atomic E-state index is 12.8. The minimum absolute atomic E-state index is 0.00499. The molecule has 2 aliphatic heterocycles. The van der Waals surface area contributed by atoms with Crippen LogP contribution in [0.1, 0.15) is 6.42 Å². The van der Waals surface area contributed by atoms with Crippen LogP contribution < -0.4 is 0 Å². The van der Waals surface area contributed by atoms with Crippen molar-refractivity contribution in [1.29, 1.82) is 0 Å². The molecule has 10 heteroatoms. The second-order valence-corrected chi connectivity index (χ2v) is 11.1. The highest BCUT2D eigenvalue weighted by Crippen LogP contribution is 2.29. The highest BCUT2D eigenvalue weighted by Gasteiger charge is 2.36. The van der Waals surface area contributed by atoms with E-state index in [1.165, 1.54) is 16.4 Å². The molecule has 0 N–H and O–H groups in total. The maximum Gasteiger partial charge on any atom is 0.244 e. The molecule has 2 saturated heterocycles. The molecule has 0 aromatic heterocycles. The molecule has 0 bridgehead atoms. The number of sulfone groups is 1. The summed E-state index contributed by atoms with van der Waals surface area (Å²) in [4.78, 5) is 2.07. The van der Waals surface area contributed by atoms with Gasteiger partial charge in [0, 0.05) is 37.2 Å². The fourth-order valence-corrected chi connectivity index (χ4v) is 7.11. The number of benzene rings is 1. The third-order valence-corrected chi connectivity index (χ3v) is 8.87. The lowest BCUT2D eigenvalue weighted by Crippen LogP contribution is -2.52. The number of nitrogens with zero attached hydrogens (tertiary/aromatic N) is 2. The monoisotopic (exact) mass is 412 g/mol. The van der Waals surface area contributed by atoms with E-state index in [0.29, 0.717) is 37.6 Å². The summed E-state index contributed by atoms with van der Waals surface area (Å²) in [7, 11) is -6.66. The van der Waals surface area contributed by atoms with E-state index in [9.17, 15) is 16.8 Å². The van der Waals surface area contributed by atoms with Gasteiger partial charge in [-0.3, -0.25) is 4.90 Å². The van der Waals surface area contributed by atoms with E-state index in [0.717, 1.165) is 0 Å². The number of hydrogen-bond donors (Lipinski definition) is 0. The number of sulfonamides is 1. The third kappa shape index (κ3) is 3.73. The molecule has 0 radical (unpaired) electrons. The molecule has 2 aliphatic rings. The molecule has 2 heterocycles. The van der Waals surface area contributed by atoms with E-state index in [-0.39, 0.29) is 27.5 Å². The van der Waals surface area contributed by atoms with E-state index in [1.807, 2.05) is 0 Å². The molecule has 1 atom stereocenters. The molecule has 134 valence electrons. The first-order chi connectivity index (χ1) is 11.2. The molecule has 3 rings (SSSR count). The summed E-state index contributed by atoms with van der Waals surface area (Å²) in [5.74, 6) is 0.383. The SMILES string of the molecule is O=S1(=O)CC[C@H](N2CCN(S(=O)(=O)c3cc(Cl)ccc3Cl)CC2)C1. The van der Waals surface area contributed by atoms with E-state index < -0.39 is 19.9 Å². The van der Waals surface area contributed by atoms with Crippen LogP contribution in [-0.2, 0) is 19.9 Å². The average molecular weight is 413 g/mol. The van der Waals surface area contributed by atoms with Crippen molar-refractivity contribution < 1.29 is 16.8 Å². The van der Waals surface area contributed by atoms with Crippen LogP contribution in [0.2, 0.25) is 10.0 Å². The van der Waals surface area contributed by atoms with Crippen molar-refractivity contribution in [3.8, 4) is 0 Å². The zero-order valence-electron chi connectivity index (χ0n) is 12.9. The second kappa shape index (κ2) is 6.74. The number of hydrogen-bond acceptors (Lipinski definition) is 5. The lowest BCUT2D eigenvalue weighted by molar-refractivity contribution is 0.148. The highest BCUT2D eigenvalue weighted by molar-refractivity contribution is 7.91. The van der Waals surface area contributed by atoms with Crippen molar-refractivity contribution in [2.24, 2.45) is 0 Å². The molecule has 24 heavy (non-hydrogen) atoms. The number of rotatable bonds is 3. The first-order valence-corrected chi connectivity index (χ1v) is 11.6. The van der Waals surface area contributed by atoms with Crippen LogP contribution >= 0.6 is 23.2 Å². The summed E-state index contributed by atoms with van der Waals surface area (Å²) >= 11 is 11.9. The zero-order chi connectivity index (χ0) is 17.5. The Morgan fingerprint density at radius 2 is 1.75 bits per heavy atom. The van der Waals surface area contributed by atoms with Crippen LogP contribution in [0.25, 0.3) is 0 Å². The van der Waals surface area contributed by atoms with E-state index in [1.54, 1.807) is 6.07 Å². The number of halogens is 2. The first kappa shape index (κ1) is 18.4. The van der Waals surface area contributed by atoms with Gasteiger partial charge in [0.25, 0.3) is 0 Å². The fourth-order valence-electron chi connectivity index (χ4n) is 3.19. The quantitative estimate of drug-likeness (QED) is 0.751. The molecule has 0 aliphatic carbocycles. The van der Waals surface area contributed by atoms with Gasteiger partial charge in [0.15, 0.2) is 9.84 Å². The van der Waals surface area contributed by atoms with Gasteiger partial charge in [0.1, 0.15) is 4.90 Å². The normalized spacial score (nSPS) is 25.8. The Morgan fingerprint density at radius 1 is 1.08 bits per heavy atom. The molecule has 0 spiro atoms. The highest BCUT2D eigenvalue weighted by atomic mass is 35.5. The topological polar surface area (TPSA) is 74.8 Å². The lowest BCUT2D eigenvalue weighted by atomic mass is 10.2. The average Bonchev–Trinajstić information content (AvgIpc) is 2.90. The fraction of sp³-hybridized carbons (Fsp3) is 0.571. The van der Waals surface area contributed by atoms with Gasteiger partial charge in [-0.1, -0.05) is 23.2 Å². The maximum absolute atomic E-state index is 12.8. The summed E-state index contributed by atoms with van der Waals surface area (Å²) in [6, 6.07) is 4.36. The van der Waals surface area contributed by atoms with Crippen LogP contribution in [0, 0.1) is 0 Å². The largest absolute Gasteiger partial charge is 0.297 e. The summed E-state index contributed by atoms with van der Waals surface area (Å²) in [5.41, 5.74) is 0. The summed E-state index contributed by atoms with van der Waals surface area (Å²) in [6.45, 7) is 1.64. The molecule has 1 aromatic carbocycles. The van der Waals surface area contributed by atoms with Gasteiger partial charge in [-0.2, -0.15) is 4.31 Å². The predicted octanol–water partition coefficient (Wildman–Crippen LogP) is 1.49. The summed E-state index contributed by atoms with van der Waals surface area (Å²) < 4.78 is 50.1. The third-order valence-electron chi connectivity index (χ3n) is 4.51. The zero-order valence-corrected chi connectivity index (χ0v) is 16.0. The van der Waals surface area contributed by atoms with E-state index in [2.05, 4.69) is 4.90 Å². The Hall–Kier alpha value is -0.380. The minimum Gasteiger partial charge on any atom is -0.297 e. The molecule has 0 saturated carbocycles. The Kier molecular flexibility index (Phi) is 5.17. The lowest BCUT2D eigenvalue weighted by Gasteiger charge is -2.37. The molecule has 1 aromatic rings. The van der Waals surface area contributed by atoms with Gasteiger partial charge in [-0.05, 0) is 24.6 Å². The molecule has 6 nitrogen and oxygen atoms in total. The van der Waals surface area contributed by atoms with Crippen LogP contribution in [-0.4, -0.2) is 69.8 Å². The van der Waals surface area contributed by atoms with Crippen LogP contribution in [0.3, 0.4) is 0 Å². The van der Waals surface area contributed by atoms with Gasteiger partial charge in [0.2, 0.25) is 10.0 Å². The standard InChI is InChI=1S/C14H18Cl2N2O4S2/c15-11-1-2-13(16)14(9-11)24(21,22)18-6-4-17(5-7-18)12-3-8-23(19,20)10-12/h1-2,9,12H,3-8,10H2/t12-/m0/s1. The van der Waals surface area contributed by atoms with E-state index >= 15 is 0 Å². The van der Waals surface area contributed by atoms with Crippen LogP contribution in [0.15, 0.2) is 23.1 Å². The van der Waals surface area contributed by atoms with Gasteiger partial charge in [0.05, 0.1) is 16.5 Å². The van der Waals surface area contributed by atoms with E-state index in [4.69, 9.17) is 23.2 Å². The first-order valence-electron chi connectivity index (χ1n) is 7.59. The van der Waals surface area contributed by atoms with Gasteiger partial charge in [-0.25, -0.2) is 16.8 Å². The number of piperazine rings is 1. The predicted molar refractivity (Wildman–Crippen MR) is 93.9 cm³/mol. The van der Waals surface area contributed by atoms with Crippen molar-refractivity contribution in [3.05, 3.63) is 28.2 Å². The Bertz CT molecular complexity index is 834. The van der Waals surface area contributed by atoms with Crippen LogP contribution in [0.5, 0.6) is 0 Å². The smallest absolute Gasteiger partial charge is 0.244 e. The van der Waals surface area contributed by atoms with Gasteiger partial charge >= 0.3 is 0 Å². The van der Waals surface area contributed by atoms with Crippen LogP contribution in [0.4, 0.5) is 0 Å². The van der Waals surface area contributed by atoms with Gasteiger partial charge < -0.3 is 0 Å².